The highest BCUT2D eigenvalue weighted by atomic mass is 16.4. The zero-order chi connectivity index (χ0) is 13.8. The molecule has 1 fully saturated rings. The molecule has 5 nitrogen and oxygen atoms in total. The molecule has 0 aromatic heterocycles. The fourth-order valence-electron chi connectivity index (χ4n) is 2.31. The van der Waals surface area contributed by atoms with Crippen molar-refractivity contribution in [2.75, 3.05) is 6.54 Å². The maximum absolute atomic E-state index is 11.7. The van der Waals surface area contributed by atoms with Gasteiger partial charge in [-0.05, 0) is 30.6 Å². The average Bonchev–Trinajstić information content (AvgIpc) is 2.24. The van der Waals surface area contributed by atoms with Crippen LogP contribution in [0.4, 0.5) is 4.79 Å². The Morgan fingerprint density at radius 3 is 2.28 bits per heavy atom. The van der Waals surface area contributed by atoms with Gasteiger partial charge in [0.15, 0.2) is 0 Å². The molecule has 1 atom stereocenters. The minimum atomic E-state index is -0.992. The van der Waals surface area contributed by atoms with E-state index in [4.69, 9.17) is 5.11 Å². The summed E-state index contributed by atoms with van der Waals surface area (Å²) in [6.07, 6.45) is 4.58. The molecule has 0 radical (unpaired) electrons. The van der Waals surface area contributed by atoms with Crippen molar-refractivity contribution in [1.29, 1.82) is 0 Å². The topological polar surface area (TPSA) is 78.4 Å². The van der Waals surface area contributed by atoms with Crippen LogP contribution in [0.5, 0.6) is 0 Å². The van der Waals surface area contributed by atoms with Crippen LogP contribution in [0.15, 0.2) is 0 Å². The van der Waals surface area contributed by atoms with E-state index < -0.39 is 12.0 Å². The number of carboxylic acid groups (broad SMARTS) is 1. The van der Waals surface area contributed by atoms with E-state index in [9.17, 15) is 9.59 Å². The number of amides is 2. The van der Waals surface area contributed by atoms with Gasteiger partial charge < -0.3 is 15.7 Å². The second-order valence-electron chi connectivity index (χ2n) is 5.59. The molecule has 0 aromatic rings. The Morgan fingerprint density at radius 2 is 1.94 bits per heavy atom. The first-order valence-electron chi connectivity index (χ1n) is 6.67. The summed E-state index contributed by atoms with van der Waals surface area (Å²) < 4.78 is 0. The lowest BCUT2D eigenvalue weighted by Crippen LogP contribution is -2.51. The van der Waals surface area contributed by atoms with Gasteiger partial charge in [-0.3, -0.25) is 0 Å². The summed E-state index contributed by atoms with van der Waals surface area (Å²) in [5, 5.41) is 14.3. The molecule has 5 heteroatoms. The van der Waals surface area contributed by atoms with Crippen LogP contribution in [0.3, 0.4) is 0 Å². The summed E-state index contributed by atoms with van der Waals surface area (Å²) in [7, 11) is 0. The van der Waals surface area contributed by atoms with Crippen molar-refractivity contribution in [2.24, 2.45) is 11.3 Å². The van der Waals surface area contributed by atoms with E-state index in [1.807, 2.05) is 0 Å². The standard InChI is InChI=1S/C13H24N2O3/c1-4-13(6-5-7-13)8-14-12(18)15-10(9(2)3)11(16)17/h9-10H,4-8H2,1-3H3,(H,16,17)(H2,14,15,18)/t10-/m1/s1. The van der Waals surface area contributed by atoms with E-state index in [0.717, 1.165) is 19.3 Å². The Kier molecular flexibility index (Phi) is 4.99. The van der Waals surface area contributed by atoms with Crippen molar-refractivity contribution in [1.82, 2.24) is 10.6 Å². The van der Waals surface area contributed by atoms with Crippen LogP contribution in [0.25, 0.3) is 0 Å². The number of carbonyl (C=O) groups excluding carboxylic acids is 1. The Morgan fingerprint density at radius 1 is 1.33 bits per heavy atom. The number of aliphatic carboxylic acids is 1. The normalized spacial score (nSPS) is 18.9. The number of rotatable bonds is 6. The molecule has 1 rings (SSSR count). The third kappa shape index (κ3) is 3.62. The van der Waals surface area contributed by atoms with Crippen molar-refractivity contribution >= 4 is 12.0 Å². The quantitative estimate of drug-likeness (QED) is 0.680. The minimum absolute atomic E-state index is 0.128. The summed E-state index contributed by atoms with van der Waals surface area (Å²) in [6.45, 7) is 6.32. The molecular weight excluding hydrogens is 232 g/mol. The third-order valence-corrected chi connectivity index (χ3v) is 4.01. The molecule has 18 heavy (non-hydrogen) atoms. The SMILES string of the molecule is CCC1(CNC(=O)N[C@@H](C(=O)O)C(C)C)CCC1. The molecular formula is C13H24N2O3. The maximum atomic E-state index is 11.7. The molecule has 0 heterocycles. The number of carboxylic acids is 1. The van der Waals surface area contributed by atoms with Gasteiger partial charge in [-0.1, -0.05) is 27.2 Å². The number of hydrogen-bond donors (Lipinski definition) is 3. The zero-order valence-corrected chi connectivity index (χ0v) is 11.5. The predicted octanol–water partition coefficient (Wildman–Crippen LogP) is 1.98. The van der Waals surface area contributed by atoms with Crippen LogP contribution in [-0.2, 0) is 4.79 Å². The lowest BCUT2D eigenvalue weighted by atomic mass is 9.67. The van der Waals surface area contributed by atoms with Gasteiger partial charge >= 0.3 is 12.0 Å². The van der Waals surface area contributed by atoms with Crippen LogP contribution in [-0.4, -0.2) is 29.7 Å². The van der Waals surface area contributed by atoms with E-state index in [-0.39, 0.29) is 17.4 Å². The predicted molar refractivity (Wildman–Crippen MR) is 69.4 cm³/mol. The van der Waals surface area contributed by atoms with Gasteiger partial charge in [0.2, 0.25) is 0 Å². The molecule has 1 aliphatic rings. The Balaban J connectivity index is 2.39. The largest absolute Gasteiger partial charge is 0.480 e. The molecule has 0 spiro atoms. The van der Waals surface area contributed by atoms with Gasteiger partial charge in [-0.2, -0.15) is 0 Å². The highest BCUT2D eigenvalue weighted by molar-refractivity contribution is 5.82. The summed E-state index contributed by atoms with van der Waals surface area (Å²) in [5.41, 5.74) is 0.244. The van der Waals surface area contributed by atoms with Crippen molar-refractivity contribution in [3.8, 4) is 0 Å². The second-order valence-corrected chi connectivity index (χ2v) is 5.59. The molecule has 1 aliphatic carbocycles. The molecule has 2 amide bonds. The number of nitrogens with one attached hydrogen (secondary N) is 2. The van der Waals surface area contributed by atoms with E-state index in [1.165, 1.54) is 6.42 Å². The summed E-state index contributed by atoms with van der Waals surface area (Å²) in [6, 6.07) is -1.21. The van der Waals surface area contributed by atoms with Gasteiger partial charge in [-0.15, -0.1) is 0 Å². The molecule has 3 N–H and O–H groups in total. The first kappa shape index (κ1) is 14.8. The summed E-state index contributed by atoms with van der Waals surface area (Å²) >= 11 is 0. The smallest absolute Gasteiger partial charge is 0.326 e. The van der Waals surface area contributed by atoms with Gasteiger partial charge in [0.05, 0.1) is 0 Å². The van der Waals surface area contributed by atoms with E-state index in [2.05, 4.69) is 17.6 Å². The van der Waals surface area contributed by atoms with Crippen molar-refractivity contribution in [2.45, 2.75) is 52.5 Å². The second kappa shape index (κ2) is 6.07. The van der Waals surface area contributed by atoms with E-state index in [0.29, 0.717) is 6.54 Å². The van der Waals surface area contributed by atoms with Crippen molar-refractivity contribution in [3.63, 3.8) is 0 Å². The maximum Gasteiger partial charge on any atom is 0.326 e. The first-order valence-corrected chi connectivity index (χ1v) is 6.67. The van der Waals surface area contributed by atoms with Crippen LogP contribution in [0.2, 0.25) is 0 Å². The Hall–Kier alpha value is -1.26. The van der Waals surface area contributed by atoms with Crippen molar-refractivity contribution < 1.29 is 14.7 Å². The van der Waals surface area contributed by atoms with Crippen LogP contribution >= 0.6 is 0 Å². The Labute approximate surface area is 108 Å². The number of carbonyl (C=O) groups is 2. The lowest BCUT2D eigenvalue weighted by molar-refractivity contribution is -0.140. The van der Waals surface area contributed by atoms with E-state index >= 15 is 0 Å². The third-order valence-electron chi connectivity index (χ3n) is 4.01. The number of hydrogen-bond acceptors (Lipinski definition) is 2. The molecule has 0 aliphatic heterocycles. The molecule has 104 valence electrons. The monoisotopic (exact) mass is 256 g/mol. The molecule has 0 aromatic carbocycles. The van der Waals surface area contributed by atoms with Crippen LogP contribution in [0, 0.1) is 11.3 Å². The molecule has 1 saturated carbocycles. The van der Waals surface area contributed by atoms with Gasteiger partial charge in [0.25, 0.3) is 0 Å². The van der Waals surface area contributed by atoms with Gasteiger partial charge in [0.1, 0.15) is 6.04 Å². The Bertz CT molecular complexity index is 306. The molecule has 0 bridgehead atoms. The van der Waals surface area contributed by atoms with Crippen LogP contribution < -0.4 is 10.6 Å². The van der Waals surface area contributed by atoms with Gasteiger partial charge in [-0.25, -0.2) is 9.59 Å². The minimum Gasteiger partial charge on any atom is -0.480 e. The summed E-state index contributed by atoms with van der Waals surface area (Å²) in [4.78, 5) is 22.6. The van der Waals surface area contributed by atoms with Crippen LogP contribution in [0.1, 0.15) is 46.5 Å². The average molecular weight is 256 g/mol. The first-order chi connectivity index (χ1) is 8.40. The van der Waals surface area contributed by atoms with Crippen molar-refractivity contribution in [3.05, 3.63) is 0 Å². The number of urea groups is 1. The molecule has 0 unspecified atom stereocenters. The molecule has 0 saturated heterocycles. The lowest BCUT2D eigenvalue weighted by Gasteiger charge is -2.41. The fourth-order valence-corrected chi connectivity index (χ4v) is 2.31. The van der Waals surface area contributed by atoms with Gasteiger partial charge in [0, 0.05) is 6.54 Å². The highest BCUT2D eigenvalue weighted by Gasteiger charge is 2.35. The highest BCUT2D eigenvalue weighted by Crippen LogP contribution is 2.42. The fraction of sp³-hybridized carbons (Fsp3) is 0.846. The summed E-state index contributed by atoms with van der Waals surface area (Å²) in [5.74, 6) is -1.12. The zero-order valence-electron chi connectivity index (χ0n) is 11.5. The van der Waals surface area contributed by atoms with E-state index in [1.54, 1.807) is 13.8 Å².